The largest absolute Gasteiger partial charge is 0.430 e. The van der Waals surface area contributed by atoms with Crippen LogP contribution >= 0.6 is 0 Å². The molecule has 1 saturated carbocycles. The van der Waals surface area contributed by atoms with Crippen LogP contribution in [-0.2, 0) is 14.3 Å². The summed E-state index contributed by atoms with van der Waals surface area (Å²) in [5.41, 5.74) is 1.80. The zero-order valence-corrected chi connectivity index (χ0v) is 11.4. The number of fused-ring (bicyclic) bond motifs is 2. The summed E-state index contributed by atoms with van der Waals surface area (Å²) in [6.45, 7) is 7.68. The van der Waals surface area contributed by atoms with Gasteiger partial charge in [0.05, 0.1) is 0 Å². The highest BCUT2D eigenvalue weighted by molar-refractivity contribution is 6.16. The van der Waals surface area contributed by atoms with Crippen LogP contribution in [0.1, 0.15) is 39.5 Å². The van der Waals surface area contributed by atoms with Crippen molar-refractivity contribution in [2.45, 2.75) is 39.5 Å². The summed E-state index contributed by atoms with van der Waals surface area (Å²) in [6.07, 6.45) is 5.49. The minimum absolute atomic E-state index is 0.0295. The van der Waals surface area contributed by atoms with Gasteiger partial charge in [-0.15, -0.1) is 0 Å². The molecule has 0 saturated heterocycles. The second-order valence-corrected chi connectivity index (χ2v) is 5.74. The number of hydrogen-bond donors (Lipinski definition) is 0. The van der Waals surface area contributed by atoms with E-state index in [0.717, 1.165) is 31.3 Å². The van der Waals surface area contributed by atoms with Gasteiger partial charge in [-0.05, 0) is 44.3 Å². The van der Waals surface area contributed by atoms with Crippen LogP contribution in [0.15, 0.2) is 35.1 Å². The third kappa shape index (κ3) is 1.38. The Morgan fingerprint density at radius 3 is 2.74 bits per heavy atom. The van der Waals surface area contributed by atoms with Gasteiger partial charge in [-0.3, -0.25) is 9.59 Å². The molecular formula is C16H18O3. The van der Waals surface area contributed by atoms with Crippen molar-refractivity contribution in [2.75, 3.05) is 0 Å². The summed E-state index contributed by atoms with van der Waals surface area (Å²) >= 11 is 0. The maximum Gasteiger partial charge on any atom is 0.330 e. The number of ether oxygens (including phenoxy) is 1. The lowest BCUT2D eigenvalue weighted by Crippen LogP contribution is -2.48. The van der Waals surface area contributed by atoms with Gasteiger partial charge in [0, 0.05) is 12.0 Å². The van der Waals surface area contributed by atoms with E-state index < -0.39 is 11.4 Å². The standard InChI is InChI=1S/C16H18O3/c1-9-8-14(17)16(15(18)19-9)11(3)10(2)12-6-4-5-7-13(12)16/h8,13H,3-7H2,1-2H3. The average Bonchev–Trinajstić information content (AvgIpc) is 2.59. The van der Waals surface area contributed by atoms with Crippen molar-refractivity contribution in [2.24, 2.45) is 11.3 Å². The lowest BCUT2D eigenvalue weighted by molar-refractivity contribution is -0.157. The van der Waals surface area contributed by atoms with Gasteiger partial charge in [-0.25, -0.2) is 0 Å². The van der Waals surface area contributed by atoms with Gasteiger partial charge >= 0.3 is 5.97 Å². The highest BCUT2D eigenvalue weighted by atomic mass is 16.5. The number of carbonyl (C=O) groups excluding carboxylic acids is 2. The third-order valence-corrected chi connectivity index (χ3v) is 4.84. The molecule has 19 heavy (non-hydrogen) atoms. The Morgan fingerprint density at radius 1 is 1.32 bits per heavy atom. The molecule has 0 aromatic carbocycles. The first-order chi connectivity index (χ1) is 8.99. The molecule has 0 aromatic heterocycles. The smallest absolute Gasteiger partial charge is 0.330 e. The van der Waals surface area contributed by atoms with Gasteiger partial charge in [0.2, 0.25) is 0 Å². The molecule has 1 heterocycles. The molecule has 0 aromatic rings. The molecule has 0 bridgehead atoms. The van der Waals surface area contributed by atoms with E-state index in [1.807, 2.05) is 6.92 Å². The van der Waals surface area contributed by atoms with Crippen LogP contribution in [0.3, 0.4) is 0 Å². The summed E-state index contributed by atoms with van der Waals surface area (Å²) in [4.78, 5) is 25.1. The summed E-state index contributed by atoms with van der Waals surface area (Å²) in [5, 5.41) is 0. The van der Waals surface area contributed by atoms with Gasteiger partial charge in [-0.2, -0.15) is 0 Å². The Morgan fingerprint density at radius 2 is 2.05 bits per heavy atom. The van der Waals surface area contributed by atoms with Crippen molar-refractivity contribution in [1.82, 2.24) is 0 Å². The van der Waals surface area contributed by atoms with Crippen molar-refractivity contribution < 1.29 is 14.3 Å². The minimum Gasteiger partial charge on any atom is -0.430 e. The number of esters is 1. The van der Waals surface area contributed by atoms with E-state index in [4.69, 9.17) is 4.74 Å². The lowest BCUT2D eigenvalue weighted by Gasteiger charge is -2.37. The van der Waals surface area contributed by atoms with Gasteiger partial charge in [-0.1, -0.05) is 18.6 Å². The third-order valence-electron chi connectivity index (χ3n) is 4.84. The maximum absolute atomic E-state index is 12.6. The molecule has 2 atom stereocenters. The highest BCUT2D eigenvalue weighted by Crippen LogP contribution is 2.57. The van der Waals surface area contributed by atoms with E-state index in [1.165, 1.54) is 11.6 Å². The van der Waals surface area contributed by atoms with E-state index >= 15 is 0 Å². The molecular weight excluding hydrogens is 240 g/mol. The summed E-state index contributed by atoms with van der Waals surface area (Å²) < 4.78 is 5.28. The predicted octanol–water partition coefficient (Wildman–Crippen LogP) is 3.08. The minimum atomic E-state index is -1.15. The van der Waals surface area contributed by atoms with Crippen LogP contribution in [0.25, 0.3) is 0 Å². The molecule has 0 N–H and O–H groups in total. The zero-order valence-electron chi connectivity index (χ0n) is 11.4. The lowest BCUT2D eigenvalue weighted by atomic mass is 9.65. The molecule has 3 rings (SSSR count). The topological polar surface area (TPSA) is 43.4 Å². The van der Waals surface area contributed by atoms with Gasteiger partial charge in [0.15, 0.2) is 11.2 Å². The second kappa shape index (κ2) is 3.92. The van der Waals surface area contributed by atoms with E-state index in [0.29, 0.717) is 11.3 Å². The molecule has 0 radical (unpaired) electrons. The number of carbonyl (C=O) groups is 2. The quantitative estimate of drug-likeness (QED) is 0.495. The maximum atomic E-state index is 12.6. The van der Waals surface area contributed by atoms with Crippen LogP contribution in [0.5, 0.6) is 0 Å². The molecule has 3 heteroatoms. The Hall–Kier alpha value is -1.64. The first-order valence-electron chi connectivity index (χ1n) is 6.84. The fourth-order valence-electron chi connectivity index (χ4n) is 3.88. The Bertz CT molecular complexity index is 565. The zero-order chi connectivity index (χ0) is 13.8. The summed E-state index contributed by atoms with van der Waals surface area (Å²) in [7, 11) is 0. The van der Waals surface area contributed by atoms with Crippen LogP contribution in [0.4, 0.5) is 0 Å². The number of allylic oxidation sites excluding steroid dienone is 4. The predicted molar refractivity (Wildman–Crippen MR) is 71.1 cm³/mol. The Kier molecular flexibility index (Phi) is 2.56. The number of hydrogen-bond acceptors (Lipinski definition) is 3. The van der Waals surface area contributed by atoms with E-state index in [-0.39, 0.29) is 11.7 Å². The molecule has 100 valence electrons. The molecule has 3 aliphatic rings. The number of rotatable bonds is 0. The SMILES string of the molecule is C=C1C(C)=C2CCCCC2C12C(=O)C=C(C)OC2=O. The monoisotopic (exact) mass is 258 g/mol. The normalized spacial score (nSPS) is 34.5. The van der Waals surface area contributed by atoms with Crippen LogP contribution in [0, 0.1) is 11.3 Å². The molecule has 1 spiro atoms. The van der Waals surface area contributed by atoms with Crippen molar-refractivity contribution in [3.05, 3.63) is 35.1 Å². The number of ketones is 1. The van der Waals surface area contributed by atoms with E-state index in [9.17, 15) is 9.59 Å². The Balaban J connectivity index is 2.17. The van der Waals surface area contributed by atoms with Crippen LogP contribution < -0.4 is 0 Å². The fourth-order valence-corrected chi connectivity index (χ4v) is 3.88. The number of cyclic esters (lactones) is 1. The van der Waals surface area contributed by atoms with Crippen molar-refractivity contribution in [3.8, 4) is 0 Å². The molecule has 2 unspecified atom stereocenters. The highest BCUT2D eigenvalue weighted by Gasteiger charge is 2.61. The molecule has 1 aliphatic heterocycles. The first-order valence-corrected chi connectivity index (χ1v) is 6.84. The molecule has 3 nitrogen and oxygen atoms in total. The van der Waals surface area contributed by atoms with E-state index in [1.54, 1.807) is 6.92 Å². The van der Waals surface area contributed by atoms with Crippen LogP contribution in [-0.4, -0.2) is 11.8 Å². The van der Waals surface area contributed by atoms with Gasteiger partial charge in [0.25, 0.3) is 0 Å². The van der Waals surface area contributed by atoms with E-state index in [2.05, 4.69) is 6.58 Å². The first kappa shape index (κ1) is 12.4. The van der Waals surface area contributed by atoms with Gasteiger partial charge in [0.1, 0.15) is 5.76 Å². The van der Waals surface area contributed by atoms with Crippen molar-refractivity contribution in [1.29, 1.82) is 0 Å². The van der Waals surface area contributed by atoms with Gasteiger partial charge < -0.3 is 4.74 Å². The summed E-state index contributed by atoms with van der Waals surface area (Å²) in [5.74, 6) is -0.218. The molecule has 2 aliphatic carbocycles. The van der Waals surface area contributed by atoms with Crippen molar-refractivity contribution >= 4 is 11.8 Å². The molecule has 1 fully saturated rings. The summed E-state index contributed by atoms with van der Waals surface area (Å²) in [6, 6.07) is 0. The Labute approximate surface area is 113 Å². The second-order valence-electron chi connectivity index (χ2n) is 5.74. The van der Waals surface area contributed by atoms with Crippen molar-refractivity contribution in [3.63, 3.8) is 0 Å². The average molecular weight is 258 g/mol. The fraction of sp³-hybridized carbons (Fsp3) is 0.500. The van der Waals surface area contributed by atoms with Crippen LogP contribution in [0.2, 0.25) is 0 Å². The molecule has 0 amide bonds.